The average molecular weight is 280 g/mol. The molecule has 1 unspecified atom stereocenters. The minimum atomic E-state index is -1.29. The summed E-state index contributed by atoms with van der Waals surface area (Å²) >= 11 is 0. The maximum atomic E-state index is 11.2. The molecule has 1 heterocycles. The minimum Gasteiger partial charge on any atom is -0.477 e. The number of hydrogen-bond acceptors (Lipinski definition) is 5. The van der Waals surface area contributed by atoms with Crippen LogP contribution in [0.5, 0.6) is 0 Å². The number of nitrogens with one attached hydrogen (secondary N) is 1. The van der Waals surface area contributed by atoms with E-state index in [0.29, 0.717) is 12.1 Å². The van der Waals surface area contributed by atoms with Crippen LogP contribution in [0.3, 0.4) is 0 Å². The van der Waals surface area contributed by atoms with E-state index in [4.69, 9.17) is 9.84 Å². The van der Waals surface area contributed by atoms with Gasteiger partial charge in [0, 0.05) is 25.8 Å². The van der Waals surface area contributed by atoms with Crippen molar-refractivity contribution in [2.75, 3.05) is 13.2 Å². The van der Waals surface area contributed by atoms with E-state index in [2.05, 4.69) is 5.32 Å². The molecular weight excluding hydrogens is 264 g/mol. The van der Waals surface area contributed by atoms with Crippen molar-refractivity contribution in [1.82, 2.24) is 5.32 Å². The third kappa shape index (κ3) is 3.31. The fourth-order valence-corrected chi connectivity index (χ4v) is 2.31. The molecule has 7 heteroatoms. The molecule has 0 aliphatic carbocycles. The molecule has 2 N–H and O–H groups in total. The molecule has 0 radical (unpaired) electrons. The second kappa shape index (κ2) is 6.44. The van der Waals surface area contributed by atoms with E-state index in [0.717, 1.165) is 19.4 Å². The molecule has 1 aromatic carbocycles. The highest BCUT2D eigenvalue weighted by atomic mass is 16.6. The molecule has 1 fully saturated rings. The van der Waals surface area contributed by atoms with Crippen LogP contribution in [-0.2, 0) is 11.3 Å². The van der Waals surface area contributed by atoms with Gasteiger partial charge in [0.05, 0.1) is 11.0 Å². The van der Waals surface area contributed by atoms with Gasteiger partial charge in [-0.25, -0.2) is 4.79 Å². The molecule has 0 aromatic heterocycles. The topological polar surface area (TPSA) is 102 Å². The van der Waals surface area contributed by atoms with Gasteiger partial charge in [0.15, 0.2) is 0 Å². The van der Waals surface area contributed by atoms with Gasteiger partial charge in [-0.15, -0.1) is 0 Å². The van der Waals surface area contributed by atoms with Crippen LogP contribution in [0, 0.1) is 10.1 Å². The second-order valence-corrected chi connectivity index (χ2v) is 4.64. The smallest absolute Gasteiger partial charge is 0.343 e. The van der Waals surface area contributed by atoms with Gasteiger partial charge >= 0.3 is 5.97 Å². The Kier molecular flexibility index (Phi) is 4.65. The number of rotatable bonds is 6. The third-order valence-electron chi connectivity index (χ3n) is 3.25. The summed E-state index contributed by atoms with van der Waals surface area (Å²) in [6.45, 7) is 1.63. The van der Waals surface area contributed by atoms with Crippen molar-refractivity contribution in [1.29, 1.82) is 0 Å². The van der Waals surface area contributed by atoms with E-state index in [9.17, 15) is 14.9 Å². The molecule has 7 nitrogen and oxygen atoms in total. The predicted octanol–water partition coefficient (Wildman–Crippen LogP) is 1.56. The quantitative estimate of drug-likeness (QED) is 0.605. The first-order valence-corrected chi connectivity index (χ1v) is 6.41. The summed E-state index contributed by atoms with van der Waals surface area (Å²) in [4.78, 5) is 21.4. The summed E-state index contributed by atoms with van der Waals surface area (Å²) in [7, 11) is 0. The zero-order chi connectivity index (χ0) is 14.5. The SMILES string of the molecule is O=C(O)c1c(CNCC2CCCO2)cccc1[N+](=O)[O-]. The van der Waals surface area contributed by atoms with Crippen LogP contribution in [0.1, 0.15) is 28.8 Å². The van der Waals surface area contributed by atoms with Crippen LogP contribution < -0.4 is 5.32 Å². The van der Waals surface area contributed by atoms with Gasteiger partial charge in [0.1, 0.15) is 5.56 Å². The summed E-state index contributed by atoms with van der Waals surface area (Å²) in [6.07, 6.45) is 2.15. The van der Waals surface area contributed by atoms with Crippen LogP contribution in [-0.4, -0.2) is 35.3 Å². The number of ether oxygens (including phenoxy) is 1. The molecule has 1 aliphatic heterocycles. The lowest BCUT2D eigenvalue weighted by Gasteiger charge is -2.12. The molecule has 0 spiro atoms. The van der Waals surface area contributed by atoms with E-state index >= 15 is 0 Å². The van der Waals surface area contributed by atoms with Gasteiger partial charge in [0.25, 0.3) is 5.69 Å². The lowest BCUT2D eigenvalue weighted by atomic mass is 10.1. The molecule has 0 saturated carbocycles. The monoisotopic (exact) mass is 280 g/mol. The van der Waals surface area contributed by atoms with Gasteiger partial charge in [0.2, 0.25) is 0 Å². The molecule has 1 atom stereocenters. The highest BCUT2D eigenvalue weighted by molar-refractivity contribution is 5.94. The summed E-state index contributed by atoms with van der Waals surface area (Å²) in [5, 5.41) is 23.1. The van der Waals surface area contributed by atoms with Crippen molar-refractivity contribution in [3.63, 3.8) is 0 Å². The molecule has 0 amide bonds. The average Bonchev–Trinajstić information content (AvgIpc) is 2.91. The number of nitro groups is 1. The molecule has 2 rings (SSSR count). The predicted molar refractivity (Wildman–Crippen MR) is 70.7 cm³/mol. The van der Waals surface area contributed by atoms with Gasteiger partial charge in [-0.1, -0.05) is 12.1 Å². The molecular formula is C13H16N2O5. The number of benzene rings is 1. The fraction of sp³-hybridized carbons (Fsp3) is 0.462. The number of nitro benzene ring substituents is 1. The number of carbonyl (C=O) groups is 1. The van der Waals surface area contributed by atoms with Crippen LogP contribution in [0.4, 0.5) is 5.69 Å². The van der Waals surface area contributed by atoms with Crippen molar-refractivity contribution in [3.8, 4) is 0 Å². The Balaban J connectivity index is 2.08. The molecule has 1 saturated heterocycles. The molecule has 20 heavy (non-hydrogen) atoms. The largest absolute Gasteiger partial charge is 0.477 e. The van der Waals surface area contributed by atoms with Gasteiger partial charge in [-0.2, -0.15) is 0 Å². The molecule has 0 bridgehead atoms. The lowest BCUT2D eigenvalue weighted by molar-refractivity contribution is -0.385. The van der Waals surface area contributed by atoms with Crippen molar-refractivity contribution < 1.29 is 19.6 Å². The van der Waals surface area contributed by atoms with Crippen molar-refractivity contribution in [2.24, 2.45) is 0 Å². The Morgan fingerprint density at radius 2 is 2.35 bits per heavy atom. The number of carboxylic acids is 1. The Bertz CT molecular complexity index is 511. The van der Waals surface area contributed by atoms with E-state index in [-0.39, 0.29) is 23.9 Å². The number of nitrogens with zero attached hydrogens (tertiary/aromatic N) is 1. The maximum Gasteiger partial charge on any atom is 0.343 e. The summed E-state index contributed by atoms with van der Waals surface area (Å²) in [5.41, 5.74) is -0.226. The fourth-order valence-electron chi connectivity index (χ4n) is 2.31. The number of aromatic carboxylic acids is 1. The van der Waals surface area contributed by atoms with E-state index in [1.807, 2.05) is 0 Å². The van der Waals surface area contributed by atoms with Crippen LogP contribution in [0.15, 0.2) is 18.2 Å². The van der Waals surface area contributed by atoms with Crippen LogP contribution in [0.25, 0.3) is 0 Å². The van der Waals surface area contributed by atoms with Crippen LogP contribution in [0.2, 0.25) is 0 Å². The lowest BCUT2D eigenvalue weighted by Crippen LogP contribution is -2.26. The van der Waals surface area contributed by atoms with E-state index in [1.165, 1.54) is 12.1 Å². The Morgan fingerprint density at radius 3 is 2.95 bits per heavy atom. The minimum absolute atomic E-state index is 0.141. The molecule has 108 valence electrons. The number of hydrogen-bond donors (Lipinski definition) is 2. The molecule has 1 aliphatic rings. The van der Waals surface area contributed by atoms with E-state index < -0.39 is 10.9 Å². The summed E-state index contributed by atoms with van der Waals surface area (Å²) in [6, 6.07) is 4.28. The van der Waals surface area contributed by atoms with Crippen molar-refractivity contribution in [2.45, 2.75) is 25.5 Å². The number of carboxylic acid groups (broad SMARTS) is 1. The summed E-state index contributed by atoms with van der Waals surface area (Å²) < 4.78 is 5.44. The first-order valence-electron chi connectivity index (χ1n) is 6.41. The van der Waals surface area contributed by atoms with Crippen LogP contribution >= 0.6 is 0 Å². The Morgan fingerprint density at radius 1 is 1.55 bits per heavy atom. The Hall–Kier alpha value is -1.99. The normalized spacial score (nSPS) is 18.1. The zero-order valence-corrected chi connectivity index (χ0v) is 10.9. The third-order valence-corrected chi connectivity index (χ3v) is 3.25. The van der Waals surface area contributed by atoms with E-state index in [1.54, 1.807) is 6.07 Å². The van der Waals surface area contributed by atoms with Gasteiger partial charge in [-0.05, 0) is 18.4 Å². The van der Waals surface area contributed by atoms with Crippen molar-refractivity contribution >= 4 is 11.7 Å². The van der Waals surface area contributed by atoms with Gasteiger partial charge < -0.3 is 15.2 Å². The van der Waals surface area contributed by atoms with Crippen molar-refractivity contribution in [3.05, 3.63) is 39.4 Å². The Labute approximate surface area is 115 Å². The standard InChI is InChI=1S/C13H16N2O5/c16-13(17)12-9(3-1-5-11(12)15(18)19)7-14-8-10-4-2-6-20-10/h1,3,5,10,14H,2,4,6-8H2,(H,16,17). The summed E-state index contributed by atoms with van der Waals surface area (Å²) in [5.74, 6) is -1.29. The highest BCUT2D eigenvalue weighted by Crippen LogP contribution is 2.22. The molecule has 1 aromatic rings. The second-order valence-electron chi connectivity index (χ2n) is 4.64. The maximum absolute atomic E-state index is 11.2. The van der Waals surface area contributed by atoms with Gasteiger partial charge in [-0.3, -0.25) is 10.1 Å². The highest BCUT2D eigenvalue weighted by Gasteiger charge is 2.23. The first-order chi connectivity index (χ1) is 9.59. The first kappa shape index (κ1) is 14.4. The zero-order valence-electron chi connectivity index (χ0n) is 10.9.